The molecule has 5 nitrogen and oxygen atoms in total. The van der Waals surface area contributed by atoms with Crippen LogP contribution in [0.1, 0.15) is 18.9 Å². The molecule has 0 bridgehead atoms. The number of aryl methyl sites for hydroxylation is 1. The molecule has 0 saturated heterocycles. The number of fused-ring (bicyclic) bond motifs is 1. The molecule has 0 spiro atoms. The molecule has 0 atom stereocenters. The zero-order valence-corrected chi connectivity index (χ0v) is 12.8. The molecule has 0 aliphatic carbocycles. The van der Waals surface area contributed by atoms with Crippen LogP contribution in [0.25, 0.3) is 10.8 Å². The van der Waals surface area contributed by atoms with Crippen molar-refractivity contribution in [2.75, 3.05) is 17.2 Å². The first-order chi connectivity index (χ1) is 10.8. The van der Waals surface area contributed by atoms with Crippen molar-refractivity contribution in [2.45, 2.75) is 20.3 Å². The van der Waals surface area contributed by atoms with Gasteiger partial charge >= 0.3 is 0 Å². The molecule has 0 saturated carbocycles. The van der Waals surface area contributed by atoms with Gasteiger partial charge in [-0.1, -0.05) is 31.2 Å². The van der Waals surface area contributed by atoms with Crippen molar-refractivity contribution < 1.29 is 0 Å². The van der Waals surface area contributed by atoms with Crippen LogP contribution in [-0.4, -0.2) is 21.5 Å². The van der Waals surface area contributed by atoms with Crippen molar-refractivity contribution in [3.05, 3.63) is 48.3 Å². The molecular weight excluding hydrogens is 274 g/mol. The van der Waals surface area contributed by atoms with E-state index in [9.17, 15) is 0 Å². The summed E-state index contributed by atoms with van der Waals surface area (Å²) >= 11 is 0. The predicted molar refractivity (Wildman–Crippen MR) is 90.6 cm³/mol. The van der Waals surface area contributed by atoms with Gasteiger partial charge in [-0.3, -0.25) is 0 Å². The van der Waals surface area contributed by atoms with Crippen LogP contribution in [0.5, 0.6) is 0 Å². The average Bonchev–Trinajstić information content (AvgIpc) is 2.56. The Kier molecular flexibility index (Phi) is 4.14. The summed E-state index contributed by atoms with van der Waals surface area (Å²) in [6.45, 7) is 5.02. The summed E-state index contributed by atoms with van der Waals surface area (Å²) in [4.78, 5) is 13.3. The smallest absolute Gasteiger partial charge is 0.230 e. The van der Waals surface area contributed by atoms with Gasteiger partial charge in [0.05, 0.1) is 0 Å². The average molecular weight is 293 g/mol. The fourth-order valence-corrected chi connectivity index (χ4v) is 2.25. The third-order valence-corrected chi connectivity index (χ3v) is 3.42. The van der Waals surface area contributed by atoms with Gasteiger partial charge in [0, 0.05) is 29.9 Å². The fraction of sp³-hybridized carbons (Fsp3) is 0.235. The van der Waals surface area contributed by atoms with E-state index < -0.39 is 0 Å². The number of hydrogen-bond acceptors (Lipinski definition) is 5. The van der Waals surface area contributed by atoms with Gasteiger partial charge < -0.3 is 10.6 Å². The molecule has 112 valence electrons. The Hall–Kier alpha value is -2.69. The van der Waals surface area contributed by atoms with E-state index in [1.165, 1.54) is 0 Å². The highest BCUT2D eigenvalue weighted by molar-refractivity contribution is 5.92. The van der Waals surface area contributed by atoms with Crippen LogP contribution < -0.4 is 10.6 Å². The second kappa shape index (κ2) is 6.39. The number of aromatic nitrogens is 3. The van der Waals surface area contributed by atoms with Crippen LogP contribution >= 0.6 is 0 Å². The highest BCUT2D eigenvalue weighted by Crippen LogP contribution is 2.23. The van der Waals surface area contributed by atoms with Crippen LogP contribution in [0, 0.1) is 6.92 Å². The van der Waals surface area contributed by atoms with Crippen LogP contribution in [0.15, 0.2) is 42.7 Å². The monoisotopic (exact) mass is 293 g/mol. The molecule has 2 heterocycles. The highest BCUT2D eigenvalue weighted by Gasteiger charge is 2.06. The number of benzene rings is 1. The molecule has 2 aromatic heterocycles. The van der Waals surface area contributed by atoms with Crippen LogP contribution in [0.4, 0.5) is 17.6 Å². The highest BCUT2D eigenvalue weighted by atomic mass is 15.2. The van der Waals surface area contributed by atoms with Crippen LogP contribution in [0.3, 0.4) is 0 Å². The zero-order valence-electron chi connectivity index (χ0n) is 12.8. The molecule has 1 aromatic carbocycles. The van der Waals surface area contributed by atoms with Gasteiger partial charge in [-0.25, -0.2) is 9.97 Å². The van der Waals surface area contributed by atoms with E-state index in [0.29, 0.717) is 5.95 Å². The Balaban J connectivity index is 1.92. The maximum Gasteiger partial charge on any atom is 0.230 e. The normalized spacial score (nSPS) is 10.6. The Bertz CT molecular complexity index is 780. The van der Waals surface area contributed by atoms with Gasteiger partial charge in [0.2, 0.25) is 5.95 Å². The second-order valence-corrected chi connectivity index (χ2v) is 5.16. The maximum absolute atomic E-state index is 4.54. The first-order valence-corrected chi connectivity index (χ1v) is 7.46. The first-order valence-electron chi connectivity index (χ1n) is 7.46. The summed E-state index contributed by atoms with van der Waals surface area (Å²) in [7, 11) is 0. The molecule has 22 heavy (non-hydrogen) atoms. The van der Waals surface area contributed by atoms with Gasteiger partial charge in [0.1, 0.15) is 11.6 Å². The molecular formula is C17H19N5. The molecule has 0 radical (unpaired) electrons. The number of anilines is 3. The molecule has 0 fully saturated rings. The largest absolute Gasteiger partial charge is 0.370 e. The predicted octanol–water partition coefficient (Wildman–Crippen LogP) is 3.90. The third-order valence-electron chi connectivity index (χ3n) is 3.42. The van der Waals surface area contributed by atoms with E-state index in [2.05, 4.69) is 38.6 Å². The minimum atomic E-state index is 0.549. The van der Waals surface area contributed by atoms with E-state index in [-0.39, 0.29) is 0 Å². The molecule has 0 unspecified atom stereocenters. The van der Waals surface area contributed by atoms with E-state index in [0.717, 1.165) is 40.9 Å². The van der Waals surface area contributed by atoms with E-state index in [1.807, 2.05) is 37.4 Å². The van der Waals surface area contributed by atoms with Gasteiger partial charge in [0.25, 0.3) is 0 Å². The van der Waals surface area contributed by atoms with Crippen molar-refractivity contribution in [3.63, 3.8) is 0 Å². The lowest BCUT2D eigenvalue weighted by Crippen LogP contribution is -2.07. The Morgan fingerprint density at radius 2 is 1.91 bits per heavy atom. The summed E-state index contributed by atoms with van der Waals surface area (Å²) < 4.78 is 0. The lowest BCUT2D eigenvalue weighted by molar-refractivity contribution is 0.960. The molecule has 2 N–H and O–H groups in total. The van der Waals surface area contributed by atoms with E-state index in [1.54, 1.807) is 6.20 Å². The summed E-state index contributed by atoms with van der Waals surface area (Å²) in [6.07, 6.45) is 4.66. The molecule has 0 aliphatic rings. The standard InChI is InChI=1S/C17H19N5/c1-3-9-18-15-12(2)11-20-17(21-15)22-16-14-7-5-4-6-13(14)8-10-19-16/h4-8,10-11H,3,9H2,1-2H3,(H2,18,19,20,21,22). The van der Waals surface area contributed by atoms with Crippen LogP contribution in [-0.2, 0) is 0 Å². The maximum atomic E-state index is 4.54. The number of nitrogens with one attached hydrogen (secondary N) is 2. The SMILES string of the molecule is CCCNc1nc(Nc2nccc3ccccc23)ncc1C. The molecule has 0 amide bonds. The van der Waals surface area contributed by atoms with E-state index in [4.69, 9.17) is 0 Å². The van der Waals surface area contributed by atoms with Gasteiger partial charge in [-0.2, -0.15) is 4.98 Å². The lowest BCUT2D eigenvalue weighted by atomic mass is 10.1. The summed E-state index contributed by atoms with van der Waals surface area (Å²) in [5, 5.41) is 8.72. The van der Waals surface area contributed by atoms with Gasteiger partial charge in [0.15, 0.2) is 0 Å². The fourth-order valence-electron chi connectivity index (χ4n) is 2.25. The van der Waals surface area contributed by atoms with Gasteiger partial charge in [-0.05, 0) is 24.8 Å². The Labute approximate surface area is 129 Å². The van der Waals surface area contributed by atoms with E-state index >= 15 is 0 Å². The summed E-state index contributed by atoms with van der Waals surface area (Å²) in [5.41, 5.74) is 1.03. The number of pyridine rings is 1. The minimum absolute atomic E-state index is 0.549. The zero-order chi connectivity index (χ0) is 15.4. The van der Waals surface area contributed by atoms with Crippen molar-refractivity contribution in [1.29, 1.82) is 0 Å². The lowest BCUT2D eigenvalue weighted by Gasteiger charge is -2.11. The van der Waals surface area contributed by atoms with Crippen molar-refractivity contribution >= 4 is 28.4 Å². The number of nitrogens with zero attached hydrogens (tertiary/aromatic N) is 3. The minimum Gasteiger partial charge on any atom is -0.370 e. The number of hydrogen-bond donors (Lipinski definition) is 2. The molecule has 5 heteroatoms. The molecule has 3 rings (SSSR count). The Morgan fingerprint density at radius 3 is 2.77 bits per heavy atom. The topological polar surface area (TPSA) is 62.7 Å². The van der Waals surface area contributed by atoms with Crippen molar-refractivity contribution in [1.82, 2.24) is 15.0 Å². The van der Waals surface area contributed by atoms with Crippen LogP contribution in [0.2, 0.25) is 0 Å². The number of rotatable bonds is 5. The molecule has 0 aliphatic heterocycles. The first kappa shape index (κ1) is 14.3. The van der Waals surface area contributed by atoms with Gasteiger partial charge in [-0.15, -0.1) is 0 Å². The Morgan fingerprint density at radius 1 is 1.05 bits per heavy atom. The second-order valence-electron chi connectivity index (χ2n) is 5.16. The summed E-state index contributed by atoms with van der Waals surface area (Å²) in [6, 6.07) is 10.1. The van der Waals surface area contributed by atoms with Crippen molar-refractivity contribution in [3.8, 4) is 0 Å². The summed E-state index contributed by atoms with van der Waals surface area (Å²) in [5.74, 6) is 2.18. The third kappa shape index (κ3) is 2.98. The quantitative estimate of drug-likeness (QED) is 0.747. The molecule has 3 aromatic rings. The van der Waals surface area contributed by atoms with Crippen molar-refractivity contribution in [2.24, 2.45) is 0 Å².